The van der Waals surface area contributed by atoms with Crippen LogP contribution in [0.15, 0.2) is 54.6 Å². The number of pyridine rings is 2. The minimum absolute atomic E-state index is 0.178. The fourth-order valence-corrected chi connectivity index (χ4v) is 3.19. The van der Waals surface area contributed by atoms with Crippen LogP contribution in [0, 0.1) is 19.8 Å². The average molecular weight is 452 g/mol. The molecule has 1 saturated heterocycles. The van der Waals surface area contributed by atoms with Crippen molar-refractivity contribution in [2.45, 2.75) is 26.8 Å². The van der Waals surface area contributed by atoms with Crippen molar-refractivity contribution >= 4 is 23.6 Å². The molecule has 2 N–H and O–H groups in total. The molecule has 9 heteroatoms. The molecule has 1 aliphatic rings. The lowest BCUT2D eigenvalue weighted by molar-refractivity contribution is 0.0690. The highest BCUT2D eigenvalue weighted by Gasteiger charge is 2.26. The number of aromatic nitrogens is 2. The van der Waals surface area contributed by atoms with Crippen LogP contribution >= 0.6 is 0 Å². The molecule has 0 radical (unpaired) electrons. The summed E-state index contributed by atoms with van der Waals surface area (Å²) in [6.45, 7) is 6.45. The molecule has 3 heterocycles. The molecular weight excluding hydrogens is 427 g/mol. The van der Waals surface area contributed by atoms with Crippen molar-refractivity contribution in [1.29, 1.82) is 0 Å². The van der Waals surface area contributed by atoms with E-state index in [2.05, 4.69) is 34.3 Å². The van der Waals surface area contributed by atoms with Gasteiger partial charge < -0.3 is 15.2 Å². The maximum absolute atomic E-state index is 13.2. The van der Waals surface area contributed by atoms with Crippen molar-refractivity contribution in [1.82, 2.24) is 9.97 Å². The monoisotopic (exact) mass is 452 g/mol. The quantitative estimate of drug-likeness (QED) is 0.539. The molecule has 172 valence electrons. The lowest BCUT2D eigenvalue weighted by Gasteiger charge is -2.19. The molecule has 8 nitrogen and oxygen atoms in total. The van der Waals surface area contributed by atoms with Gasteiger partial charge in [-0.3, -0.25) is 4.90 Å². The van der Waals surface area contributed by atoms with E-state index < -0.39 is 29.7 Å². The van der Waals surface area contributed by atoms with Crippen molar-refractivity contribution < 1.29 is 23.8 Å². The van der Waals surface area contributed by atoms with Crippen molar-refractivity contribution in [3.05, 3.63) is 83.1 Å². The number of carbonyl (C=O) groups is 2. The molecule has 3 aromatic rings. The summed E-state index contributed by atoms with van der Waals surface area (Å²) in [6.07, 6.45) is -0.453. The van der Waals surface area contributed by atoms with Crippen LogP contribution in [-0.4, -0.2) is 40.3 Å². The summed E-state index contributed by atoms with van der Waals surface area (Å²) < 4.78 is 18.2. The normalized spacial score (nSPS) is 13.6. The van der Waals surface area contributed by atoms with Gasteiger partial charge in [0.25, 0.3) is 0 Å². The van der Waals surface area contributed by atoms with E-state index in [-0.39, 0.29) is 5.69 Å². The van der Waals surface area contributed by atoms with Crippen LogP contribution in [0.5, 0.6) is 0 Å². The highest BCUT2D eigenvalue weighted by Crippen LogP contribution is 2.25. The summed E-state index contributed by atoms with van der Waals surface area (Å²) in [5, 5.41) is 12.2. The number of rotatable bonds is 5. The number of benzene rings is 1. The van der Waals surface area contributed by atoms with Crippen LogP contribution < -0.4 is 10.2 Å². The Balaban J connectivity index is 0.000000374. The number of ether oxygens (including phenoxy) is 1. The molecule has 1 amide bonds. The fraction of sp³-hybridized carbons (Fsp3) is 0.250. The van der Waals surface area contributed by atoms with Gasteiger partial charge in [0.15, 0.2) is 5.69 Å². The summed E-state index contributed by atoms with van der Waals surface area (Å²) in [5.41, 5.74) is 2.57. The number of anilines is 2. The number of carboxylic acid groups (broad SMARTS) is 1. The van der Waals surface area contributed by atoms with Gasteiger partial charge in [0.05, 0.1) is 24.0 Å². The second-order valence-electron chi connectivity index (χ2n) is 7.55. The highest BCUT2D eigenvalue weighted by molar-refractivity contribution is 5.92. The largest absolute Gasteiger partial charge is 0.476 e. The first-order valence-electron chi connectivity index (χ1n) is 10.4. The zero-order chi connectivity index (χ0) is 24.0. The predicted molar refractivity (Wildman–Crippen MR) is 122 cm³/mol. The lowest BCUT2D eigenvalue weighted by atomic mass is 10.1. The molecule has 4 rings (SSSR count). The molecule has 0 saturated carbocycles. The van der Waals surface area contributed by atoms with Gasteiger partial charge in [-0.1, -0.05) is 35.9 Å². The molecule has 1 aromatic carbocycles. The van der Waals surface area contributed by atoms with E-state index in [0.29, 0.717) is 24.7 Å². The molecule has 33 heavy (non-hydrogen) atoms. The number of nitrogens with one attached hydrogen (secondary N) is 1. The SMILES string of the molecule is Cc1cc(C(C)Nc2ccc(F)nc2C(=O)O)nc(N2CCOC2=O)c1.Cc1ccccc1. The number of aryl methyl sites for hydroxylation is 2. The number of hydrogen-bond donors (Lipinski definition) is 2. The molecule has 2 aromatic heterocycles. The van der Waals surface area contributed by atoms with E-state index in [9.17, 15) is 19.1 Å². The Morgan fingerprint density at radius 2 is 1.85 bits per heavy atom. The molecule has 1 aliphatic heterocycles. The first kappa shape index (κ1) is 23.6. The van der Waals surface area contributed by atoms with E-state index in [0.717, 1.165) is 11.6 Å². The van der Waals surface area contributed by atoms with Crippen molar-refractivity contribution in [3.63, 3.8) is 0 Å². The van der Waals surface area contributed by atoms with Gasteiger partial charge in [0.2, 0.25) is 5.95 Å². The third-order valence-corrected chi connectivity index (χ3v) is 4.83. The first-order chi connectivity index (χ1) is 15.7. The Bertz CT molecular complexity index is 1140. The Morgan fingerprint density at radius 1 is 1.12 bits per heavy atom. The Kier molecular flexibility index (Phi) is 7.55. The predicted octanol–water partition coefficient (Wildman–Crippen LogP) is 4.75. The molecule has 1 fully saturated rings. The Morgan fingerprint density at radius 3 is 2.42 bits per heavy atom. The topological polar surface area (TPSA) is 105 Å². The van der Waals surface area contributed by atoms with Crippen LogP contribution in [0.3, 0.4) is 0 Å². The third kappa shape index (κ3) is 6.25. The number of carbonyl (C=O) groups excluding carboxylic acids is 1. The summed E-state index contributed by atoms with van der Waals surface area (Å²) in [5.74, 6) is -1.74. The van der Waals surface area contributed by atoms with E-state index in [1.165, 1.54) is 16.5 Å². The molecule has 1 atom stereocenters. The number of nitrogens with zero attached hydrogens (tertiary/aromatic N) is 3. The lowest BCUT2D eigenvalue weighted by Crippen LogP contribution is -2.25. The number of hydrogen-bond acceptors (Lipinski definition) is 6. The molecule has 0 aliphatic carbocycles. The van der Waals surface area contributed by atoms with Gasteiger partial charge in [0, 0.05) is 0 Å². The van der Waals surface area contributed by atoms with E-state index in [4.69, 9.17) is 4.74 Å². The summed E-state index contributed by atoms with van der Waals surface area (Å²) in [4.78, 5) is 32.3. The van der Waals surface area contributed by atoms with E-state index >= 15 is 0 Å². The fourth-order valence-electron chi connectivity index (χ4n) is 3.19. The Hall–Kier alpha value is -4.01. The van der Waals surface area contributed by atoms with Crippen LogP contribution in [0.1, 0.15) is 40.3 Å². The van der Waals surface area contributed by atoms with Crippen molar-refractivity contribution in [2.75, 3.05) is 23.4 Å². The zero-order valence-corrected chi connectivity index (χ0v) is 18.6. The maximum atomic E-state index is 13.2. The van der Waals surface area contributed by atoms with Gasteiger partial charge in [-0.2, -0.15) is 4.39 Å². The summed E-state index contributed by atoms with van der Waals surface area (Å²) >= 11 is 0. The van der Waals surface area contributed by atoms with Crippen LogP contribution in [0.25, 0.3) is 0 Å². The number of amides is 1. The van der Waals surface area contributed by atoms with Gasteiger partial charge in [-0.05, 0) is 50.6 Å². The van der Waals surface area contributed by atoms with Gasteiger partial charge in [-0.25, -0.2) is 19.6 Å². The number of cyclic esters (lactones) is 1. The second-order valence-corrected chi connectivity index (χ2v) is 7.55. The van der Waals surface area contributed by atoms with Crippen LogP contribution in [0.2, 0.25) is 0 Å². The number of carboxylic acids is 1. The number of aromatic carboxylic acids is 1. The standard InChI is InChI=1S/C17H17FN4O4.C7H8/c1-9-7-12(20-14(8-9)22-5-6-26-17(22)25)10(2)19-11-3-4-13(18)21-15(11)16(23)24;1-7-5-3-2-4-6-7/h3-4,7-8,10,19H,5-6H2,1-2H3,(H,23,24);2-6H,1H3. The minimum Gasteiger partial charge on any atom is -0.476 e. The van der Waals surface area contributed by atoms with Crippen LogP contribution in [0.4, 0.5) is 20.7 Å². The van der Waals surface area contributed by atoms with Crippen LogP contribution in [-0.2, 0) is 4.74 Å². The summed E-state index contributed by atoms with van der Waals surface area (Å²) in [7, 11) is 0. The number of halogens is 1. The maximum Gasteiger partial charge on any atom is 0.415 e. The van der Waals surface area contributed by atoms with Gasteiger partial charge >= 0.3 is 12.1 Å². The van der Waals surface area contributed by atoms with E-state index in [1.807, 2.05) is 31.2 Å². The molecule has 1 unspecified atom stereocenters. The Labute approximate surface area is 191 Å². The average Bonchev–Trinajstić information content (AvgIpc) is 3.21. The first-order valence-corrected chi connectivity index (χ1v) is 10.4. The highest BCUT2D eigenvalue weighted by atomic mass is 19.1. The van der Waals surface area contributed by atoms with Crippen molar-refractivity contribution in [3.8, 4) is 0 Å². The molecular formula is C24H25FN4O4. The van der Waals surface area contributed by atoms with Gasteiger partial charge in [-0.15, -0.1) is 0 Å². The smallest absolute Gasteiger partial charge is 0.415 e. The summed E-state index contributed by atoms with van der Waals surface area (Å²) in [6, 6.07) is 15.8. The van der Waals surface area contributed by atoms with Crippen molar-refractivity contribution in [2.24, 2.45) is 0 Å². The minimum atomic E-state index is -1.34. The van der Waals surface area contributed by atoms with Gasteiger partial charge in [0.1, 0.15) is 12.4 Å². The molecule has 0 spiro atoms. The third-order valence-electron chi connectivity index (χ3n) is 4.83. The van der Waals surface area contributed by atoms with E-state index in [1.54, 1.807) is 13.0 Å². The zero-order valence-electron chi connectivity index (χ0n) is 18.6. The molecule has 0 bridgehead atoms. The second kappa shape index (κ2) is 10.5.